The first-order valence-electron chi connectivity index (χ1n) is 37.5. The number of ketones is 5. The molecule has 0 fully saturated rings. The fraction of sp³-hybridized carbons (Fsp3) is 0.0816. The van der Waals surface area contributed by atoms with Crippen molar-refractivity contribution in [1.82, 2.24) is 51.0 Å². The van der Waals surface area contributed by atoms with Crippen LogP contribution in [0.1, 0.15) is 125 Å². The highest BCUT2D eigenvalue weighted by Crippen LogP contribution is 2.28. The summed E-state index contributed by atoms with van der Waals surface area (Å²) in [7, 11) is 0. The summed E-state index contributed by atoms with van der Waals surface area (Å²) < 4.78 is 53.2. The third-order valence-electron chi connectivity index (χ3n) is 18.5. The zero-order valence-corrected chi connectivity index (χ0v) is 66.6. The second kappa shape index (κ2) is 41.0. The Morgan fingerprint density at radius 2 is 0.597 bits per heavy atom. The number of aliphatic hydroxyl groups is 1. The highest BCUT2D eigenvalue weighted by Gasteiger charge is 2.14. The standard InChI is InChI=1S/C21H20N2O.C20H17FN2O2.C19H15ClN2O.C19H14F2N2O.C19H15FN2O/c1-14-4-7-17(8-5-14)21(24)11-10-19-13-20(23-22-19)18-9-6-15(2)16(3)12-18;1-13-2-5-15(6-3-13)20(25)9-7-16-11-19(23-22-16)17-8-4-14(12-24)10-18(17)21;1-13-2-4-15(5-3-13)19(23)11-10-17-12-18(22-21-17)14-6-8-16(20)9-7-14;1-12-2-4-13(5-3-12)19(24)9-7-15-11-18(23-22-15)14-6-8-16(20)17(21)10-14;1-13-2-4-15(5-3-13)19(23)11-10-17-12-18(22-21-17)14-6-8-16(20)9-7-14/h4-13H,1-3H3,(H,22,23);2-11,24H,12H2,1H3,(H,22,23);2-12H,1H3,(H,21,22);2-11H,1H3,(H,22,23);2-12H,1H3,(H,21,22)/b11-10+;9-7+;11-10+;9-7+;11-10+. The van der Waals surface area contributed by atoms with Gasteiger partial charge >= 0.3 is 0 Å². The number of carbonyl (C=O) groups excluding carboxylic acids is 5. The number of nitrogens with one attached hydrogen (secondary N) is 5. The summed E-state index contributed by atoms with van der Waals surface area (Å²) in [6.45, 7) is 13.9. The van der Waals surface area contributed by atoms with Crippen LogP contribution >= 0.6 is 11.6 Å². The van der Waals surface area contributed by atoms with E-state index in [-0.39, 0.29) is 41.3 Å². The molecule has 21 heteroatoms. The van der Waals surface area contributed by atoms with Crippen LogP contribution in [0.4, 0.5) is 17.6 Å². The van der Waals surface area contributed by atoms with Gasteiger partial charge in [-0.25, -0.2) is 17.6 Å². The molecule has 0 radical (unpaired) electrons. The van der Waals surface area contributed by atoms with Gasteiger partial charge in [0.25, 0.3) is 0 Å². The number of H-pyrrole nitrogens is 5. The van der Waals surface area contributed by atoms with Gasteiger partial charge in [-0.3, -0.25) is 49.5 Å². The van der Waals surface area contributed by atoms with Crippen molar-refractivity contribution < 1.29 is 46.6 Å². The monoisotopic (exact) mass is 1600 g/mol. The smallest absolute Gasteiger partial charge is 0.185 e. The van der Waals surface area contributed by atoms with E-state index in [0.717, 1.165) is 79.4 Å². The zero-order valence-electron chi connectivity index (χ0n) is 65.8. The van der Waals surface area contributed by atoms with Gasteiger partial charge in [0.1, 0.15) is 11.6 Å². The van der Waals surface area contributed by atoms with Crippen LogP contribution in [0.2, 0.25) is 5.02 Å². The van der Waals surface area contributed by atoms with Crippen molar-refractivity contribution in [2.75, 3.05) is 0 Å². The Morgan fingerprint density at radius 3 is 0.916 bits per heavy atom. The van der Waals surface area contributed by atoms with Gasteiger partial charge in [-0.1, -0.05) is 191 Å². The Labute approximate surface area is 690 Å². The lowest BCUT2D eigenvalue weighted by atomic mass is 10.0. The fourth-order valence-electron chi connectivity index (χ4n) is 11.4. The Balaban J connectivity index is 0.000000146. The molecular weight excluding hydrogens is 1520 g/mol. The van der Waals surface area contributed by atoms with Gasteiger partial charge in [-0.05, 0) is 229 Å². The Morgan fingerprint density at radius 1 is 0.303 bits per heavy atom. The van der Waals surface area contributed by atoms with Gasteiger partial charge in [-0.15, -0.1) is 0 Å². The van der Waals surface area contributed by atoms with Crippen LogP contribution in [0.5, 0.6) is 0 Å². The first-order chi connectivity index (χ1) is 57.3. The maximum absolute atomic E-state index is 14.1. The summed E-state index contributed by atoms with van der Waals surface area (Å²) in [4.78, 5) is 60.6. The van der Waals surface area contributed by atoms with Crippen molar-refractivity contribution in [3.8, 4) is 56.3 Å². The topological polar surface area (TPSA) is 249 Å². The second-order valence-electron chi connectivity index (χ2n) is 27.8. The molecule has 119 heavy (non-hydrogen) atoms. The molecule has 0 amide bonds. The molecule has 0 saturated carbocycles. The Bertz CT molecular complexity index is 5890. The summed E-state index contributed by atoms with van der Waals surface area (Å²) in [5, 5.41) is 44.8. The van der Waals surface area contributed by atoms with Crippen molar-refractivity contribution >= 4 is 70.9 Å². The summed E-state index contributed by atoms with van der Waals surface area (Å²) in [5.74, 6) is -2.93. The van der Waals surface area contributed by atoms with E-state index in [9.17, 15) is 41.5 Å². The maximum Gasteiger partial charge on any atom is 0.185 e. The van der Waals surface area contributed by atoms with E-state index in [1.165, 1.54) is 53.6 Å². The minimum atomic E-state index is -0.929. The van der Waals surface area contributed by atoms with E-state index in [4.69, 9.17) is 16.7 Å². The highest BCUT2D eigenvalue weighted by molar-refractivity contribution is 6.30. The van der Waals surface area contributed by atoms with Gasteiger partial charge in [0.15, 0.2) is 40.6 Å². The average molecular weight is 1610 g/mol. The molecule has 0 aliphatic rings. The van der Waals surface area contributed by atoms with E-state index in [1.54, 1.807) is 115 Å². The number of aromatic nitrogens is 10. The van der Waals surface area contributed by atoms with Crippen molar-refractivity contribution in [3.05, 3.63) is 414 Å². The third-order valence-corrected chi connectivity index (χ3v) is 18.8. The van der Waals surface area contributed by atoms with Crippen LogP contribution in [-0.2, 0) is 6.61 Å². The SMILES string of the molecule is Cc1ccc(C(=O)/C=C/c2cc(-c3ccc(C)c(C)c3)n[nH]2)cc1.Cc1ccc(C(=O)/C=C/c2cc(-c3ccc(CO)cc3F)n[nH]2)cc1.Cc1ccc(C(=O)/C=C/c2cc(-c3ccc(Cl)cc3)n[nH]2)cc1.Cc1ccc(C(=O)/C=C/c2cc(-c3ccc(F)c(F)c3)n[nH]2)cc1.Cc1ccc(C(=O)/C=C/c2cc(-c3ccc(F)cc3)n[nH]2)cc1. The number of aryl methyl sites for hydroxylation is 7. The molecule has 0 aliphatic carbocycles. The molecule has 0 saturated heterocycles. The molecule has 0 spiro atoms. The maximum atomic E-state index is 14.1. The summed E-state index contributed by atoms with van der Waals surface area (Å²) in [5.41, 5.74) is 22.2. The lowest BCUT2D eigenvalue weighted by molar-refractivity contribution is 0.103. The van der Waals surface area contributed by atoms with Crippen molar-refractivity contribution in [1.29, 1.82) is 0 Å². The van der Waals surface area contributed by atoms with Crippen molar-refractivity contribution in [2.45, 2.75) is 55.1 Å². The van der Waals surface area contributed by atoms with E-state index in [1.807, 2.05) is 162 Å². The van der Waals surface area contributed by atoms with Crippen LogP contribution in [0.25, 0.3) is 86.7 Å². The second-order valence-corrected chi connectivity index (χ2v) is 28.2. The van der Waals surface area contributed by atoms with Crippen LogP contribution in [0.15, 0.2) is 285 Å². The molecule has 594 valence electrons. The normalized spacial score (nSPS) is 11.1. The number of hydrogen-bond donors (Lipinski definition) is 6. The minimum absolute atomic E-state index is 0.0164. The average Bonchev–Trinajstić information content (AvgIpc) is 1.81. The van der Waals surface area contributed by atoms with Gasteiger partial charge in [0.05, 0.1) is 63.5 Å². The zero-order chi connectivity index (χ0) is 84.5. The van der Waals surface area contributed by atoms with Crippen molar-refractivity contribution in [2.24, 2.45) is 0 Å². The quantitative estimate of drug-likeness (QED) is 0.0224. The number of rotatable bonds is 21. The molecule has 0 aliphatic heterocycles. The third kappa shape index (κ3) is 24.9. The number of benzene rings is 10. The molecule has 0 atom stereocenters. The van der Waals surface area contributed by atoms with E-state index in [2.05, 4.69) is 83.0 Å². The van der Waals surface area contributed by atoms with Crippen LogP contribution in [0, 0.1) is 71.7 Å². The van der Waals surface area contributed by atoms with Gasteiger partial charge in [0.2, 0.25) is 0 Å². The Hall–Kier alpha value is -14.7. The largest absolute Gasteiger partial charge is 0.392 e. The summed E-state index contributed by atoms with van der Waals surface area (Å²) in [6.07, 6.45) is 15.9. The van der Waals surface area contributed by atoms with Crippen LogP contribution < -0.4 is 0 Å². The number of hydrogen-bond acceptors (Lipinski definition) is 11. The number of aromatic amines is 5. The van der Waals surface area contributed by atoms with E-state index in [0.29, 0.717) is 83.7 Å². The van der Waals surface area contributed by atoms with E-state index >= 15 is 0 Å². The number of aliphatic hydroxyl groups excluding tert-OH is 1. The lowest BCUT2D eigenvalue weighted by Crippen LogP contribution is -1.93. The molecule has 0 unspecified atom stereocenters. The predicted molar refractivity (Wildman–Crippen MR) is 463 cm³/mol. The Kier molecular flexibility index (Phi) is 29.4. The fourth-order valence-corrected chi connectivity index (χ4v) is 11.5. The molecule has 15 rings (SSSR count). The molecule has 15 aromatic rings. The molecular formula is C98H81ClF4N10O6. The predicted octanol–water partition coefficient (Wildman–Crippen LogP) is 22.7. The molecule has 16 nitrogen and oxygen atoms in total. The molecule has 0 bridgehead atoms. The van der Waals surface area contributed by atoms with Gasteiger partial charge < -0.3 is 5.11 Å². The number of halogens is 5. The minimum Gasteiger partial charge on any atom is -0.392 e. The lowest BCUT2D eigenvalue weighted by Gasteiger charge is -2.01. The first kappa shape index (κ1) is 85.2. The van der Waals surface area contributed by atoms with Gasteiger partial charge in [-0.2, -0.15) is 25.5 Å². The van der Waals surface area contributed by atoms with Crippen LogP contribution in [0.3, 0.4) is 0 Å². The first-order valence-corrected chi connectivity index (χ1v) is 37.9. The van der Waals surface area contributed by atoms with Crippen molar-refractivity contribution in [3.63, 3.8) is 0 Å². The number of allylic oxidation sites excluding steroid dienone is 5. The molecule has 6 N–H and O–H groups in total. The van der Waals surface area contributed by atoms with Gasteiger partial charge in [0, 0.05) is 60.7 Å². The highest BCUT2D eigenvalue weighted by atomic mass is 35.5. The number of carbonyl (C=O) groups is 5. The molecule has 5 heterocycles. The summed E-state index contributed by atoms with van der Waals surface area (Å²) >= 11 is 5.88. The van der Waals surface area contributed by atoms with Crippen LogP contribution in [-0.4, -0.2) is 85.0 Å². The molecule has 5 aromatic heterocycles. The molecule has 10 aromatic carbocycles. The number of nitrogens with zero attached hydrogens (tertiary/aromatic N) is 5. The summed E-state index contributed by atoms with van der Waals surface area (Å²) in [6, 6.07) is 74.0. The van der Waals surface area contributed by atoms with E-state index < -0.39 is 17.5 Å².